The van der Waals surface area contributed by atoms with Crippen LogP contribution in [0.25, 0.3) is 5.82 Å². The lowest BCUT2D eigenvalue weighted by molar-refractivity contribution is 0.411. The zero-order valence-electron chi connectivity index (χ0n) is 7.48. The van der Waals surface area contributed by atoms with Crippen LogP contribution in [0.1, 0.15) is 4.88 Å². The number of halogens is 1. The zero-order chi connectivity index (χ0) is 9.97. The molecule has 0 bridgehead atoms. The van der Waals surface area contributed by atoms with Crippen LogP contribution < -0.4 is 4.74 Å². The molecule has 0 unspecified atom stereocenters. The Kier molecular flexibility index (Phi) is 2.69. The largest absolute Gasteiger partial charge is 0.473 e. The molecule has 0 saturated carbocycles. The van der Waals surface area contributed by atoms with Gasteiger partial charge in [-0.15, -0.1) is 11.6 Å². The molecule has 2 heterocycles. The summed E-state index contributed by atoms with van der Waals surface area (Å²) in [6.45, 7) is 0. The van der Waals surface area contributed by atoms with Crippen LogP contribution in [0.2, 0.25) is 0 Å². The second-order valence-corrected chi connectivity index (χ2v) is 3.83. The Morgan fingerprint density at radius 1 is 1.64 bits per heavy atom. The topological polar surface area (TPSA) is 39.9 Å². The Hall–Kier alpha value is -1.07. The van der Waals surface area contributed by atoms with E-state index in [0.717, 1.165) is 10.7 Å². The van der Waals surface area contributed by atoms with E-state index < -0.39 is 0 Å². The van der Waals surface area contributed by atoms with Crippen LogP contribution >= 0.6 is 22.9 Å². The van der Waals surface area contributed by atoms with Gasteiger partial charge in [-0.25, -0.2) is 4.68 Å². The first kappa shape index (κ1) is 9.48. The predicted molar refractivity (Wildman–Crippen MR) is 55.3 cm³/mol. The summed E-state index contributed by atoms with van der Waals surface area (Å²) in [6.07, 6.45) is 3.52. The number of rotatable bonds is 3. The summed E-state index contributed by atoms with van der Waals surface area (Å²) < 4.78 is 6.72. The highest BCUT2D eigenvalue weighted by molar-refractivity contribution is 7.14. The highest BCUT2D eigenvalue weighted by Gasteiger charge is 2.12. The van der Waals surface area contributed by atoms with Crippen LogP contribution in [-0.4, -0.2) is 21.9 Å². The van der Waals surface area contributed by atoms with Gasteiger partial charge in [-0.05, 0) is 6.07 Å². The minimum absolute atomic E-state index is 0.413. The molecule has 0 aliphatic heterocycles. The van der Waals surface area contributed by atoms with Crippen molar-refractivity contribution in [2.75, 3.05) is 7.11 Å². The molecule has 2 rings (SSSR count). The Labute approximate surface area is 90.1 Å². The van der Waals surface area contributed by atoms with E-state index in [1.165, 1.54) is 11.3 Å². The third-order valence-corrected chi connectivity index (χ3v) is 3.11. The van der Waals surface area contributed by atoms with Gasteiger partial charge in [0.1, 0.15) is 0 Å². The fourth-order valence-electron chi connectivity index (χ4n) is 1.07. The summed E-state index contributed by atoms with van der Waals surface area (Å²) in [5.41, 5.74) is 0. The molecule has 0 fully saturated rings. The first-order valence-corrected chi connectivity index (χ1v) is 5.30. The standard InChI is InChI=1S/C8H8ClN3OS/c1-13-8-11-7(6(5-9)14-8)12-4-2-3-10-12/h2-4H,5H2,1H3. The summed E-state index contributed by atoms with van der Waals surface area (Å²) in [5, 5.41) is 4.69. The Bertz CT molecular complexity index is 412. The van der Waals surface area contributed by atoms with E-state index in [4.69, 9.17) is 16.3 Å². The van der Waals surface area contributed by atoms with E-state index in [1.54, 1.807) is 18.0 Å². The van der Waals surface area contributed by atoms with Crippen LogP contribution in [0.4, 0.5) is 0 Å². The monoisotopic (exact) mass is 229 g/mol. The van der Waals surface area contributed by atoms with Gasteiger partial charge >= 0.3 is 0 Å². The number of thiazole rings is 1. The van der Waals surface area contributed by atoms with E-state index in [0.29, 0.717) is 11.1 Å². The maximum Gasteiger partial charge on any atom is 0.275 e. The number of ether oxygens (including phenoxy) is 1. The molecule has 0 amide bonds. The molecular weight excluding hydrogens is 222 g/mol. The fourth-order valence-corrected chi connectivity index (χ4v) is 2.06. The van der Waals surface area contributed by atoms with Crippen molar-refractivity contribution >= 4 is 22.9 Å². The average molecular weight is 230 g/mol. The van der Waals surface area contributed by atoms with Crippen molar-refractivity contribution < 1.29 is 4.74 Å². The van der Waals surface area contributed by atoms with Gasteiger partial charge in [-0.1, -0.05) is 11.3 Å². The van der Waals surface area contributed by atoms with Crippen LogP contribution in [-0.2, 0) is 5.88 Å². The zero-order valence-corrected chi connectivity index (χ0v) is 9.05. The van der Waals surface area contributed by atoms with E-state index in [9.17, 15) is 0 Å². The number of methoxy groups -OCH3 is 1. The number of hydrogen-bond donors (Lipinski definition) is 0. The van der Waals surface area contributed by atoms with Crippen molar-refractivity contribution in [3.05, 3.63) is 23.3 Å². The first-order valence-electron chi connectivity index (χ1n) is 3.95. The number of aromatic nitrogens is 3. The quantitative estimate of drug-likeness (QED) is 0.757. The second kappa shape index (κ2) is 3.98. The lowest BCUT2D eigenvalue weighted by Crippen LogP contribution is -1.97. The summed E-state index contributed by atoms with van der Waals surface area (Å²) in [7, 11) is 1.59. The van der Waals surface area contributed by atoms with E-state index in [1.807, 2.05) is 12.3 Å². The van der Waals surface area contributed by atoms with Gasteiger partial charge in [0.05, 0.1) is 17.9 Å². The molecule has 74 valence electrons. The minimum Gasteiger partial charge on any atom is -0.473 e. The van der Waals surface area contributed by atoms with Crippen molar-refractivity contribution in [2.24, 2.45) is 0 Å². The summed E-state index contributed by atoms with van der Waals surface area (Å²) in [6, 6.07) is 1.84. The molecule has 0 N–H and O–H groups in total. The van der Waals surface area contributed by atoms with Crippen LogP contribution in [0.15, 0.2) is 18.5 Å². The molecule has 6 heteroatoms. The van der Waals surface area contributed by atoms with Gasteiger partial charge in [-0.2, -0.15) is 10.1 Å². The fraction of sp³-hybridized carbons (Fsp3) is 0.250. The van der Waals surface area contributed by atoms with Crippen molar-refractivity contribution in [1.82, 2.24) is 14.8 Å². The molecule has 0 aromatic carbocycles. The van der Waals surface area contributed by atoms with Gasteiger partial charge in [0.15, 0.2) is 5.82 Å². The molecule has 0 radical (unpaired) electrons. The Morgan fingerprint density at radius 3 is 3.07 bits per heavy atom. The summed E-state index contributed by atoms with van der Waals surface area (Å²) >= 11 is 7.22. The molecule has 2 aromatic heterocycles. The van der Waals surface area contributed by atoms with Crippen LogP contribution in [0.3, 0.4) is 0 Å². The molecule has 0 aliphatic carbocycles. The lowest BCUT2D eigenvalue weighted by atomic mass is 10.5. The van der Waals surface area contributed by atoms with Gasteiger partial charge in [0.2, 0.25) is 0 Å². The van der Waals surface area contributed by atoms with Crippen molar-refractivity contribution in [2.45, 2.75) is 5.88 Å². The maximum atomic E-state index is 5.79. The van der Waals surface area contributed by atoms with E-state index >= 15 is 0 Å². The molecule has 0 saturated heterocycles. The Balaban J connectivity index is 2.46. The Morgan fingerprint density at radius 2 is 2.50 bits per heavy atom. The molecular formula is C8H8ClN3OS. The number of alkyl halides is 1. The highest BCUT2D eigenvalue weighted by Crippen LogP contribution is 2.28. The number of hydrogen-bond acceptors (Lipinski definition) is 4. The smallest absolute Gasteiger partial charge is 0.275 e. The van der Waals surface area contributed by atoms with Crippen molar-refractivity contribution in [1.29, 1.82) is 0 Å². The first-order chi connectivity index (χ1) is 6.85. The maximum absolute atomic E-state index is 5.79. The third-order valence-electron chi connectivity index (χ3n) is 1.67. The molecule has 0 aliphatic rings. The lowest BCUT2D eigenvalue weighted by Gasteiger charge is -1.96. The molecule has 0 atom stereocenters. The van der Waals surface area contributed by atoms with Crippen molar-refractivity contribution in [3.8, 4) is 11.0 Å². The normalized spacial score (nSPS) is 10.4. The van der Waals surface area contributed by atoms with Gasteiger partial charge in [0, 0.05) is 12.4 Å². The SMILES string of the molecule is COc1nc(-n2cccn2)c(CCl)s1. The van der Waals surface area contributed by atoms with E-state index in [-0.39, 0.29) is 0 Å². The second-order valence-electron chi connectivity index (χ2n) is 2.51. The van der Waals surface area contributed by atoms with Crippen LogP contribution in [0.5, 0.6) is 5.19 Å². The van der Waals surface area contributed by atoms with Gasteiger partial charge < -0.3 is 4.74 Å². The van der Waals surface area contributed by atoms with Crippen molar-refractivity contribution in [3.63, 3.8) is 0 Å². The highest BCUT2D eigenvalue weighted by atomic mass is 35.5. The molecule has 0 spiro atoms. The van der Waals surface area contributed by atoms with Gasteiger partial charge in [0.25, 0.3) is 5.19 Å². The van der Waals surface area contributed by atoms with Crippen LogP contribution in [0, 0.1) is 0 Å². The van der Waals surface area contributed by atoms with E-state index in [2.05, 4.69) is 10.1 Å². The summed E-state index contributed by atoms with van der Waals surface area (Å²) in [5.74, 6) is 1.16. The van der Waals surface area contributed by atoms with Gasteiger partial charge in [-0.3, -0.25) is 0 Å². The predicted octanol–water partition coefficient (Wildman–Crippen LogP) is 2.08. The molecule has 14 heavy (non-hydrogen) atoms. The molecule has 2 aromatic rings. The number of nitrogens with zero attached hydrogens (tertiary/aromatic N) is 3. The summed E-state index contributed by atoms with van der Waals surface area (Å²) in [4.78, 5) is 5.21. The minimum atomic E-state index is 0.413. The average Bonchev–Trinajstić information content (AvgIpc) is 2.85. The molecule has 4 nitrogen and oxygen atoms in total. The third kappa shape index (κ3) is 1.60.